The number of aromatic nitrogens is 4. The molecule has 0 atom stereocenters. The number of fused-ring (bicyclic) bond motifs is 1. The van der Waals surface area contributed by atoms with Gasteiger partial charge >= 0.3 is 0 Å². The van der Waals surface area contributed by atoms with Crippen LogP contribution in [0.1, 0.15) is 21.9 Å². The summed E-state index contributed by atoms with van der Waals surface area (Å²) >= 11 is 0. The largest absolute Gasteiger partial charge is 0.335 e. The Morgan fingerprint density at radius 1 is 0.875 bits per heavy atom. The van der Waals surface area contributed by atoms with Gasteiger partial charge in [0.15, 0.2) is 0 Å². The van der Waals surface area contributed by atoms with Crippen molar-refractivity contribution in [2.45, 2.75) is 13.1 Å². The van der Waals surface area contributed by atoms with Gasteiger partial charge in [0.25, 0.3) is 11.5 Å². The predicted octanol–water partition coefficient (Wildman–Crippen LogP) is 2.13. The van der Waals surface area contributed by atoms with Crippen LogP contribution < -0.4 is 5.56 Å². The Bertz CT molecular complexity index is 1270. The Morgan fingerprint density at radius 2 is 1.62 bits per heavy atom. The van der Waals surface area contributed by atoms with Gasteiger partial charge in [-0.2, -0.15) is 5.10 Å². The highest BCUT2D eigenvalue weighted by molar-refractivity contribution is 5.92. The Hall–Kier alpha value is -3.78. The SMILES string of the molecule is O=C(c1ccc(=O)[nH]n1)N1CCN(Cc2nc3ccccc3n2Cc2ccccc2)CC1. The normalized spacial score (nSPS) is 14.7. The lowest BCUT2D eigenvalue weighted by Crippen LogP contribution is -2.48. The van der Waals surface area contributed by atoms with Gasteiger partial charge in [-0.3, -0.25) is 14.5 Å². The first-order valence-electron chi connectivity index (χ1n) is 10.7. The number of para-hydroxylation sites is 2. The van der Waals surface area contributed by atoms with Crippen molar-refractivity contribution in [3.63, 3.8) is 0 Å². The van der Waals surface area contributed by atoms with Crippen molar-refractivity contribution < 1.29 is 4.79 Å². The molecule has 8 nitrogen and oxygen atoms in total. The van der Waals surface area contributed by atoms with E-state index in [2.05, 4.69) is 50.0 Å². The Balaban J connectivity index is 1.30. The number of H-pyrrole nitrogens is 1. The molecule has 1 amide bonds. The van der Waals surface area contributed by atoms with Crippen LogP contribution in [-0.4, -0.2) is 61.6 Å². The van der Waals surface area contributed by atoms with Crippen molar-refractivity contribution >= 4 is 16.9 Å². The lowest BCUT2D eigenvalue weighted by Gasteiger charge is -2.34. The summed E-state index contributed by atoms with van der Waals surface area (Å²) in [6, 6.07) is 21.4. The Morgan fingerprint density at radius 3 is 2.38 bits per heavy atom. The highest BCUT2D eigenvalue weighted by atomic mass is 16.2. The summed E-state index contributed by atoms with van der Waals surface area (Å²) in [5, 5.41) is 6.19. The molecule has 0 radical (unpaired) electrons. The molecule has 0 bridgehead atoms. The molecular formula is C24H24N6O2. The minimum Gasteiger partial charge on any atom is -0.335 e. The summed E-state index contributed by atoms with van der Waals surface area (Å²) < 4.78 is 2.28. The molecule has 1 aliphatic rings. The van der Waals surface area contributed by atoms with Crippen molar-refractivity contribution in [3.8, 4) is 0 Å². The summed E-state index contributed by atoms with van der Waals surface area (Å²) in [4.78, 5) is 32.9. The number of hydrogen-bond acceptors (Lipinski definition) is 5. The Labute approximate surface area is 185 Å². The zero-order valence-corrected chi connectivity index (χ0v) is 17.6. The number of amides is 1. The summed E-state index contributed by atoms with van der Waals surface area (Å²) in [7, 11) is 0. The van der Waals surface area contributed by atoms with Crippen LogP contribution in [0.25, 0.3) is 11.0 Å². The number of carbonyl (C=O) groups excluding carboxylic acids is 1. The zero-order chi connectivity index (χ0) is 21.9. The zero-order valence-electron chi connectivity index (χ0n) is 17.6. The van der Waals surface area contributed by atoms with Crippen LogP contribution in [0.5, 0.6) is 0 Å². The summed E-state index contributed by atoms with van der Waals surface area (Å²) in [6.45, 7) is 4.22. The molecule has 0 saturated carbocycles. The number of nitrogens with one attached hydrogen (secondary N) is 1. The van der Waals surface area contributed by atoms with Gasteiger partial charge in [0, 0.05) is 38.8 Å². The summed E-state index contributed by atoms with van der Waals surface area (Å²) in [5.74, 6) is 0.870. The van der Waals surface area contributed by atoms with Gasteiger partial charge in [0.1, 0.15) is 11.5 Å². The van der Waals surface area contributed by atoms with Gasteiger partial charge in [0.05, 0.1) is 17.6 Å². The second kappa shape index (κ2) is 8.76. The number of rotatable bonds is 5. The molecule has 4 aromatic rings. The number of hydrogen-bond donors (Lipinski definition) is 1. The van der Waals surface area contributed by atoms with E-state index < -0.39 is 0 Å². The summed E-state index contributed by atoms with van der Waals surface area (Å²) in [6.07, 6.45) is 0. The molecule has 1 saturated heterocycles. The smallest absolute Gasteiger partial charge is 0.274 e. The lowest BCUT2D eigenvalue weighted by atomic mass is 10.2. The van der Waals surface area contributed by atoms with E-state index in [0.717, 1.165) is 43.0 Å². The maximum atomic E-state index is 12.7. The average molecular weight is 428 g/mol. The van der Waals surface area contributed by atoms with Crippen LogP contribution in [-0.2, 0) is 13.1 Å². The molecule has 162 valence electrons. The van der Waals surface area contributed by atoms with Crippen LogP contribution in [0.4, 0.5) is 0 Å². The molecule has 1 N–H and O–H groups in total. The molecule has 32 heavy (non-hydrogen) atoms. The third-order valence-corrected chi connectivity index (χ3v) is 5.84. The fourth-order valence-electron chi connectivity index (χ4n) is 4.12. The van der Waals surface area contributed by atoms with Crippen LogP contribution in [0, 0.1) is 0 Å². The molecule has 0 unspecified atom stereocenters. The van der Waals surface area contributed by atoms with Crippen LogP contribution in [0.2, 0.25) is 0 Å². The van der Waals surface area contributed by atoms with Gasteiger partial charge < -0.3 is 9.47 Å². The van der Waals surface area contributed by atoms with Gasteiger partial charge in [-0.25, -0.2) is 10.1 Å². The molecule has 5 rings (SSSR count). The van der Waals surface area contributed by atoms with E-state index in [1.54, 1.807) is 4.90 Å². The Kier molecular flexibility index (Phi) is 5.51. The van der Waals surface area contributed by atoms with Crippen molar-refractivity contribution in [3.05, 3.63) is 94.2 Å². The minimum atomic E-state index is -0.315. The second-order valence-corrected chi connectivity index (χ2v) is 7.96. The third kappa shape index (κ3) is 4.17. The van der Waals surface area contributed by atoms with E-state index in [9.17, 15) is 9.59 Å². The number of benzene rings is 2. The first kappa shape index (κ1) is 20.1. The number of nitrogens with zero attached hydrogens (tertiary/aromatic N) is 5. The minimum absolute atomic E-state index is 0.155. The molecule has 0 aliphatic carbocycles. The van der Waals surface area contributed by atoms with Crippen molar-refractivity contribution in [2.75, 3.05) is 26.2 Å². The third-order valence-electron chi connectivity index (χ3n) is 5.84. The molecule has 0 spiro atoms. The number of aromatic amines is 1. The number of imidazole rings is 1. The van der Waals surface area contributed by atoms with Crippen LogP contribution >= 0.6 is 0 Å². The first-order valence-corrected chi connectivity index (χ1v) is 10.7. The lowest BCUT2D eigenvalue weighted by molar-refractivity contribution is 0.0617. The van der Waals surface area contributed by atoms with Crippen molar-refractivity contribution in [2.24, 2.45) is 0 Å². The van der Waals surface area contributed by atoms with E-state index in [1.807, 2.05) is 24.3 Å². The first-order chi connectivity index (χ1) is 15.7. The maximum Gasteiger partial charge on any atom is 0.274 e. The molecule has 1 fully saturated rings. The monoisotopic (exact) mass is 428 g/mol. The maximum absolute atomic E-state index is 12.7. The molecular weight excluding hydrogens is 404 g/mol. The molecule has 2 aromatic carbocycles. The van der Waals surface area contributed by atoms with E-state index in [-0.39, 0.29) is 17.2 Å². The second-order valence-electron chi connectivity index (χ2n) is 7.96. The van der Waals surface area contributed by atoms with Crippen LogP contribution in [0.15, 0.2) is 71.5 Å². The highest BCUT2D eigenvalue weighted by Crippen LogP contribution is 2.20. The topological polar surface area (TPSA) is 87.1 Å². The average Bonchev–Trinajstić information content (AvgIpc) is 3.17. The number of piperazine rings is 1. The van der Waals surface area contributed by atoms with E-state index in [0.29, 0.717) is 13.1 Å². The van der Waals surface area contributed by atoms with Gasteiger partial charge in [0.2, 0.25) is 0 Å². The molecule has 8 heteroatoms. The van der Waals surface area contributed by atoms with Crippen molar-refractivity contribution in [1.29, 1.82) is 0 Å². The molecule has 1 aliphatic heterocycles. The van der Waals surface area contributed by atoms with E-state index in [1.165, 1.54) is 17.7 Å². The molecule has 3 heterocycles. The predicted molar refractivity (Wildman–Crippen MR) is 121 cm³/mol. The van der Waals surface area contributed by atoms with E-state index >= 15 is 0 Å². The highest BCUT2D eigenvalue weighted by Gasteiger charge is 2.24. The summed E-state index contributed by atoms with van der Waals surface area (Å²) in [5.41, 5.74) is 3.31. The standard InChI is InChI=1S/C24H24N6O2/c31-23-11-10-20(26-27-23)24(32)29-14-12-28(13-15-29)17-22-25-19-8-4-5-9-21(19)30(22)16-18-6-2-1-3-7-18/h1-11H,12-17H2,(H,27,31). The quantitative estimate of drug-likeness (QED) is 0.526. The van der Waals surface area contributed by atoms with Crippen LogP contribution in [0.3, 0.4) is 0 Å². The van der Waals surface area contributed by atoms with Gasteiger partial charge in [-0.05, 0) is 23.8 Å². The number of carbonyl (C=O) groups is 1. The van der Waals surface area contributed by atoms with E-state index in [4.69, 9.17) is 4.98 Å². The van der Waals surface area contributed by atoms with Crippen molar-refractivity contribution in [1.82, 2.24) is 29.5 Å². The fourth-order valence-corrected chi connectivity index (χ4v) is 4.12. The van der Waals surface area contributed by atoms with Gasteiger partial charge in [-0.15, -0.1) is 0 Å². The molecule has 2 aromatic heterocycles. The fraction of sp³-hybridized carbons (Fsp3) is 0.250. The van der Waals surface area contributed by atoms with Gasteiger partial charge in [-0.1, -0.05) is 42.5 Å².